The fourth-order valence-corrected chi connectivity index (χ4v) is 2.06. The summed E-state index contributed by atoms with van der Waals surface area (Å²) in [6, 6.07) is 9.96. The second kappa shape index (κ2) is 7.07. The molecule has 0 aliphatic rings. The van der Waals surface area contributed by atoms with Gasteiger partial charge in [-0.15, -0.1) is 0 Å². The molecule has 0 aliphatic heterocycles. The van der Waals surface area contributed by atoms with Crippen molar-refractivity contribution < 1.29 is 5.11 Å². The van der Waals surface area contributed by atoms with Gasteiger partial charge in [0.15, 0.2) is 0 Å². The summed E-state index contributed by atoms with van der Waals surface area (Å²) in [5.74, 6) is 0. The number of aryl methyl sites for hydroxylation is 1. The standard InChI is InChI=1S/C15H21N3O/c1-2-8-18-11-13(10-17-18)9-16-15(12-19)14-6-4-3-5-7-14/h3-7,10-11,15-16,19H,2,8-9,12H2,1H3/t15-/m0/s1. The molecule has 1 aromatic heterocycles. The minimum atomic E-state index is -0.0317. The van der Waals surface area contributed by atoms with Gasteiger partial charge < -0.3 is 10.4 Å². The van der Waals surface area contributed by atoms with Crippen molar-refractivity contribution >= 4 is 0 Å². The Bertz CT molecular complexity index is 481. The molecular weight excluding hydrogens is 238 g/mol. The second-order valence-electron chi connectivity index (χ2n) is 4.64. The minimum absolute atomic E-state index is 0.0317. The van der Waals surface area contributed by atoms with E-state index in [1.807, 2.05) is 41.2 Å². The van der Waals surface area contributed by atoms with Crippen molar-refractivity contribution in [1.29, 1.82) is 0 Å². The van der Waals surface area contributed by atoms with Crippen molar-refractivity contribution in [3.8, 4) is 0 Å². The first-order valence-electron chi connectivity index (χ1n) is 6.74. The Kier molecular flexibility index (Phi) is 5.12. The summed E-state index contributed by atoms with van der Waals surface area (Å²) in [4.78, 5) is 0. The Balaban J connectivity index is 1.92. The first kappa shape index (κ1) is 13.8. The monoisotopic (exact) mass is 259 g/mol. The quantitative estimate of drug-likeness (QED) is 0.800. The third-order valence-electron chi connectivity index (χ3n) is 3.08. The van der Waals surface area contributed by atoms with Crippen LogP contribution in [0.25, 0.3) is 0 Å². The first-order chi connectivity index (χ1) is 9.33. The van der Waals surface area contributed by atoms with E-state index in [0.717, 1.165) is 24.1 Å². The zero-order valence-electron chi connectivity index (χ0n) is 11.3. The summed E-state index contributed by atoms with van der Waals surface area (Å²) in [6.07, 6.45) is 5.01. The van der Waals surface area contributed by atoms with Crippen molar-refractivity contribution in [3.63, 3.8) is 0 Å². The van der Waals surface area contributed by atoms with Crippen molar-refractivity contribution in [2.75, 3.05) is 6.61 Å². The average Bonchev–Trinajstić information content (AvgIpc) is 2.89. The van der Waals surface area contributed by atoms with E-state index in [1.54, 1.807) is 0 Å². The lowest BCUT2D eigenvalue weighted by Gasteiger charge is -2.15. The molecule has 2 rings (SSSR count). The predicted molar refractivity (Wildman–Crippen MR) is 75.6 cm³/mol. The number of nitrogens with one attached hydrogen (secondary N) is 1. The number of aliphatic hydroxyl groups excluding tert-OH is 1. The van der Waals surface area contributed by atoms with Gasteiger partial charge in [0.05, 0.1) is 18.8 Å². The van der Waals surface area contributed by atoms with E-state index < -0.39 is 0 Å². The van der Waals surface area contributed by atoms with Gasteiger partial charge in [-0.2, -0.15) is 5.10 Å². The SMILES string of the molecule is CCCn1cc(CN[C@@H](CO)c2ccccc2)cn1. The Morgan fingerprint density at radius 2 is 2.11 bits per heavy atom. The van der Waals surface area contributed by atoms with Crippen molar-refractivity contribution in [1.82, 2.24) is 15.1 Å². The molecule has 0 radical (unpaired) electrons. The van der Waals surface area contributed by atoms with E-state index in [-0.39, 0.29) is 12.6 Å². The summed E-state index contributed by atoms with van der Waals surface area (Å²) in [5, 5.41) is 17.1. The molecule has 0 saturated heterocycles. The van der Waals surface area contributed by atoms with Crippen LogP contribution in [0.15, 0.2) is 42.7 Å². The van der Waals surface area contributed by atoms with Crippen LogP contribution in [-0.4, -0.2) is 21.5 Å². The van der Waals surface area contributed by atoms with Crippen LogP contribution in [0.2, 0.25) is 0 Å². The summed E-state index contributed by atoms with van der Waals surface area (Å²) in [7, 11) is 0. The number of rotatable bonds is 7. The fourth-order valence-electron chi connectivity index (χ4n) is 2.06. The van der Waals surface area contributed by atoms with Crippen LogP contribution in [0.4, 0.5) is 0 Å². The van der Waals surface area contributed by atoms with Crippen LogP contribution in [-0.2, 0) is 13.1 Å². The van der Waals surface area contributed by atoms with Crippen molar-refractivity contribution in [2.24, 2.45) is 0 Å². The van der Waals surface area contributed by atoms with E-state index in [2.05, 4.69) is 23.5 Å². The van der Waals surface area contributed by atoms with Crippen LogP contribution in [0.1, 0.15) is 30.5 Å². The van der Waals surface area contributed by atoms with E-state index in [1.165, 1.54) is 0 Å². The maximum Gasteiger partial charge on any atom is 0.0626 e. The van der Waals surface area contributed by atoms with Gasteiger partial charge in [-0.25, -0.2) is 0 Å². The number of hydrogen-bond acceptors (Lipinski definition) is 3. The van der Waals surface area contributed by atoms with Gasteiger partial charge in [-0.1, -0.05) is 37.3 Å². The summed E-state index contributed by atoms with van der Waals surface area (Å²) >= 11 is 0. The second-order valence-corrected chi connectivity index (χ2v) is 4.64. The van der Waals surface area contributed by atoms with E-state index >= 15 is 0 Å². The van der Waals surface area contributed by atoms with Gasteiger partial charge in [-0.05, 0) is 12.0 Å². The average molecular weight is 259 g/mol. The highest BCUT2D eigenvalue weighted by Gasteiger charge is 2.09. The number of aromatic nitrogens is 2. The summed E-state index contributed by atoms with van der Waals surface area (Å²) in [6.45, 7) is 3.88. The molecule has 0 bridgehead atoms. The lowest BCUT2D eigenvalue weighted by molar-refractivity contribution is 0.243. The van der Waals surface area contributed by atoms with Crippen LogP contribution < -0.4 is 5.32 Å². The van der Waals surface area contributed by atoms with Crippen molar-refractivity contribution in [3.05, 3.63) is 53.9 Å². The molecular formula is C15H21N3O. The third-order valence-corrected chi connectivity index (χ3v) is 3.08. The van der Waals surface area contributed by atoms with Gasteiger partial charge in [0.25, 0.3) is 0 Å². The van der Waals surface area contributed by atoms with Gasteiger partial charge >= 0.3 is 0 Å². The van der Waals surface area contributed by atoms with E-state index in [4.69, 9.17) is 0 Å². The molecule has 4 heteroatoms. The molecule has 0 fully saturated rings. The maximum atomic E-state index is 9.46. The number of hydrogen-bond donors (Lipinski definition) is 2. The smallest absolute Gasteiger partial charge is 0.0626 e. The minimum Gasteiger partial charge on any atom is -0.394 e. The fraction of sp³-hybridized carbons (Fsp3) is 0.400. The van der Waals surface area contributed by atoms with Crippen LogP contribution >= 0.6 is 0 Å². The Hall–Kier alpha value is -1.65. The van der Waals surface area contributed by atoms with E-state index in [9.17, 15) is 5.11 Å². The molecule has 0 spiro atoms. The summed E-state index contributed by atoms with van der Waals surface area (Å²) < 4.78 is 1.95. The molecule has 0 unspecified atom stereocenters. The molecule has 0 aliphatic carbocycles. The van der Waals surface area contributed by atoms with Crippen LogP contribution in [0, 0.1) is 0 Å². The van der Waals surface area contributed by atoms with Gasteiger partial charge in [-0.3, -0.25) is 4.68 Å². The normalized spacial score (nSPS) is 12.5. The zero-order valence-corrected chi connectivity index (χ0v) is 11.3. The van der Waals surface area contributed by atoms with Crippen molar-refractivity contribution in [2.45, 2.75) is 32.5 Å². The molecule has 1 heterocycles. The Labute approximate surface area is 114 Å². The molecule has 1 aromatic carbocycles. The summed E-state index contributed by atoms with van der Waals surface area (Å²) in [5.41, 5.74) is 2.24. The van der Waals surface area contributed by atoms with Gasteiger partial charge in [0.2, 0.25) is 0 Å². The number of benzene rings is 1. The molecule has 1 atom stereocenters. The number of aliphatic hydroxyl groups is 1. The maximum absolute atomic E-state index is 9.46. The van der Waals surface area contributed by atoms with E-state index in [0.29, 0.717) is 6.54 Å². The largest absolute Gasteiger partial charge is 0.394 e. The van der Waals surface area contributed by atoms with Crippen LogP contribution in [0.3, 0.4) is 0 Å². The Morgan fingerprint density at radius 3 is 2.79 bits per heavy atom. The van der Waals surface area contributed by atoms with Gasteiger partial charge in [0, 0.05) is 24.8 Å². The highest BCUT2D eigenvalue weighted by atomic mass is 16.3. The molecule has 0 amide bonds. The molecule has 0 saturated carbocycles. The third kappa shape index (κ3) is 3.91. The molecule has 4 nitrogen and oxygen atoms in total. The molecule has 19 heavy (non-hydrogen) atoms. The lowest BCUT2D eigenvalue weighted by atomic mass is 10.1. The molecule has 102 valence electrons. The lowest BCUT2D eigenvalue weighted by Crippen LogP contribution is -2.23. The first-order valence-corrected chi connectivity index (χ1v) is 6.74. The zero-order chi connectivity index (χ0) is 13.5. The van der Waals surface area contributed by atoms with Crippen LogP contribution in [0.5, 0.6) is 0 Å². The molecule has 2 N–H and O–H groups in total. The van der Waals surface area contributed by atoms with Gasteiger partial charge in [0.1, 0.15) is 0 Å². The number of nitrogens with zero attached hydrogens (tertiary/aromatic N) is 2. The topological polar surface area (TPSA) is 50.1 Å². The molecule has 2 aromatic rings. The Morgan fingerprint density at radius 1 is 1.32 bits per heavy atom. The highest BCUT2D eigenvalue weighted by Crippen LogP contribution is 2.12. The highest BCUT2D eigenvalue weighted by molar-refractivity contribution is 5.19. The predicted octanol–water partition coefficient (Wildman–Crippen LogP) is 2.12.